The lowest BCUT2D eigenvalue weighted by Crippen LogP contribution is -2.42. The summed E-state index contributed by atoms with van der Waals surface area (Å²) in [6, 6.07) is -0.683. The van der Waals surface area contributed by atoms with Gasteiger partial charge >= 0.3 is 23.9 Å². The monoisotopic (exact) mass is 341 g/mol. The molecule has 0 radical (unpaired) electrons. The zero-order chi connectivity index (χ0) is 17.9. The molecule has 0 aliphatic heterocycles. The van der Waals surface area contributed by atoms with Gasteiger partial charge in [-0.2, -0.15) is 11.8 Å². The molecule has 0 heterocycles. The van der Waals surface area contributed by atoms with E-state index >= 15 is 0 Å². The number of carbonyl (C=O) groups is 4. The molecule has 0 saturated heterocycles. The molecule has 0 rings (SSSR count). The largest absolute Gasteiger partial charge is 0.481 e. The van der Waals surface area contributed by atoms with Crippen LogP contribution in [0, 0.1) is 0 Å². The molecule has 7 N–H and O–H groups in total. The van der Waals surface area contributed by atoms with Gasteiger partial charge in [0, 0.05) is 0 Å². The minimum Gasteiger partial charge on any atom is -0.481 e. The van der Waals surface area contributed by atoms with Gasteiger partial charge in [-0.25, -0.2) is 4.79 Å². The van der Waals surface area contributed by atoms with Crippen LogP contribution in [0.5, 0.6) is 0 Å². The van der Waals surface area contributed by atoms with Crippen LogP contribution in [-0.2, 0) is 19.2 Å². The lowest BCUT2D eigenvalue weighted by atomic mass is 9.96. The van der Waals surface area contributed by atoms with Gasteiger partial charge in [0.2, 0.25) is 0 Å². The second kappa shape index (κ2) is 10.8. The Bertz CT molecular complexity index is 396. The van der Waals surface area contributed by atoms with E-state index in [9.17, 15) is 19.2 Å². The van der Waals surface area contributed by atoms with E-state index in [1.807, 2.05) is 6.26 Å². The van der Waals surface area contributed by atoms with Crippen LogP contribution in [-0.4, -0.2) is 73.1 Å². The van der Waals surface area contributed by atoms with Crippen molar-refractivity contribution in [2.45, 2.75) is 30.9 Å². The topological polar surface area (TPSA) is 195 Å². The Balaban J connectivity index is 0. The minimum absolute atomic E-state index is 0.552. The molecule has 0 aliphatic rings. The highest BCUT2D eigenvalue weighted by Gasteiger charge is 2.40. The van der Waals surface area contributed by atoms with Crippen molar-refractivity contribution in [3.63, 3.8) is 0 Å². The number of rotatable bonds is 9. The van der Waals surface area contributed by atoms with Crippen LogP contribution in [0.2, 0.25) is 0 Å². The minimum atomic E-state index is -2.74. The Morgan fingerprint density at radius 3 is 1.68 bits per heavy atom. The van der Waals surface area contributed by atoms with Gasteiger partial charge in [0.25, 0.3) is 0 Å². The molecule has 0 aromatic heterocycles. The van der Waals surface area contributed by atoms with E-state index in [1.54, 1.807) is 11.8 Å². The first kappa shape index (κ1) is 22.4. The van der Waals surface area contributed by atoms with Crippen molar-refractivity contribution >= 4 is 35.6 Å². The second-order valence-electron chi connectivity index (χ2n) is 4.20. The zero-order valence-electron chi connectivity index (χ0n) is 11.8. The molecular formula is C11H19NO9S. The summed E-state index contributed by atoms with van der Waals surface area (Å²) >= 11 is 1.60. The van der Waals surface area contributed by atoms with Crippen molar-refractivity contribution in [2.75, 3.05) is 12.0 Å². The van der Waals surface area contributed by atoms with Gasteiger partial charge in [0.15, 0.2) is 5.60 Å². The normalized spacial score (nSPS) is 11.8. The maximum Gasteiger partial charge on any atom is 0.336 e. The summed E-state index contributed by atoms with van der Waals surface area (Å²) in [5.74, 6) is -5.12. The summed E-state index contributed by atoms with van der Waals surface area (Å²) in [6.07, 6.45) is 0.189. The lowest BCUT2D eigenvalue weighted by Gasteiger charge is -2.18. The highest BCUT2D eigenvalue weighted by Crippen LogP contribution is 2.15. The summed E-state index contributed by atoms with van der Waals surface area (Å²) in [6.45, 7) is 0. The SMILES string of the molecule is CSCCC(N)C(=O)O.O=C(O)CC(O)(CC(=O)O)C(=O)O. The molecule has 22 heavy (non-hydrogen) atoms. The number of thioether (sulfide) groups is 1. The summed E-state index contributed by atoms with van der Waals surface area (Å²) in [7, 11) is 0. The second-order valence-corrected chi connectivity index (χ2v) is 5.19. The number of aliphatic hydroxyl groups is 1. The predicted octanol–water partition coefficient (Wildman–Crippen LogP) is -1.10. The maximum atomic E-state index is 10.3. The molecule has 0 aromatic rings. The molecule has 10 nitrogen and oxygen atoms in total. The number of aliphatic carboxylic acids is 4. The van der Waals surface area contributed by atoms with Crippen molar-refractivity contribution in [1.29, 1.82) is 0 Å². The van der Waals surface area contributed by atoms with E-state index in [0.717, 1.165) is 5.75 Å². The molecule has 0 amide bonds. The number of carboxylic acid groups (broad SMARTS) is 4. The summed E-state index contributed by atoms with van der Waals surface area (Å²) in [5, 5.41) is 42.1. The highest BCUT2D eigenvalue weighted by atomic mass is 32.2. The van der Waals surface area contributed by atoms with Gasteiger partial charge in [0.05, 0.1) is 12.8 Å². The van der Waals surface area contributed by atoms with Crippen LogP contribution in [0.25, 0.3) is 0 Å². The average Bonchev–Trinajstić information content (AvgIpc) is 2.34. The Hall–Kier alpha value is -1.85. The van der Waals surface area contributed by atoms with E-state index in [-0.39, 0.29) is 0 Å². The van der Waals surface area contributed by atoms with Gasteiger partial charge in [0.1, 0.15) is 6.04 Å². The number of hydrogen-bond acceptors (Lipinski definition) is 7. The molecule has 0 aromatic carbocycles. The van der Waals surface area contributed by atoms with Crippen molar-refractivity contribution < 1.29 is 44.7 Å². The fourth-order valence-corrected chi connectivity index (χ4v) is 1.57. The third-order valence-electron chi connectivity index (χ3n) is 2.24. The number of carboxylic acids is 4. The fourth-order valence-electron chi connectivity index (χ4n) is 1.08. The Morgan fingerprint density at radius 1 is 1.05 bits per heavy atom. The van der Waals surface area contributed by atoms with Crippen LogP contribution in [0.3, 0.4) is 0 Å². The van der Waals surface area contributed by atoms with E-state index in [1.165, 1.54) is 0 Å². The number of hydrogen-bond donors (Lipinski definition) is 6. The predicted molar refractivity (Wildman–Crippen MR) is 75.7 cm³/mol. The van der Waals surface area contributed by atoms with Crippen LogP contribution < -0.4 is 5.73 Å². The molecule has 0 bridgehead atoms. The molecule has 0 fully saturated rings. The quantitative estimate of drug-likeness (QED) is 0.298. The molecule has 0 aliphatic carbocycles. The Kier molecular flexibility index (Phi) is 11.0. The van der Waals surface area contributed by atoms with Gasteiger partial charge in [-0.15, -0.1) is 0 Å². The van der Waals surface area contributed by atoms with E-state index in [2.05, 4.69) is 0 Å². The molecule has 1 unspecified atom stereocenters. The molecule has 11 heteroatoms. The third-order valence-corrected chi connectivity index (χ3v) is 2.88. The van der Waals surface area contributed by atoms with Crippen LogP contribution in [0.1, 0.15) is 19.3 Å². The lowest BCUT2D eigenvalue weighted by molar-refractivity contribution is -0.170. The summed E-state index contributed by atoms with van der Waals surface area (Å²) in [5.41, 5.74) is 2.45. The van der Waals surface area contributed by atoms with E-state index < -0.39 is 48.4 Å². The van der Waals surface area contributed by atoms with Gasteiger partial charge < -0.3 is 31.3 Å². The van der Waals surface area contributed by atoms with E-state index in [0.29, 0.717) is 6.42 Å². The van der Waals surface area contributed by atoms with Crippen LogP contribution in [0.4, 0.5) is 0 Å². The smallest absolute Gasteiger partial charge is 0.336 e. The van der Waals surface area contributed by atoms with Gasteiger partial charge in [-0.3, -0.25) is 14.4 Å². The first-order valence-corrected chi connectivity index (χ1v) is 7.22. The first-order chi connectivity index (χ1) is 9.96. The fraction of sp³-hybridized carbons (Fsp3) is 0.636. The van der Waals surface area contributed by atoms with Gasteiger partial charge in [-0.1, -0.05) is 0 Å². The Labute approximate surface area is 129 Å². The van der Waals surface area contributed by atoms with Crippen molar-refractivity contribution in [3.05, 3.63) is 0 Å². The zero-order valence-corrected chi connectivity index (χ0v) is 12.6. The standard InChI is InChI=1S/C6H8O7.C5H11NO2S/c7-3(8)1-6(13,5(11)12)2-4(9)10;1-9-3-2-4(6)5(7)8/h13H,1-2H2,(H,7,8)(H,9,10)(H,11,12);4H,2-3,6H2,1H3,(H,7,8). The molecule has 128 valence electrons. The molecule has 0 spiro atoms. The maximum absolute atomic E-state index is 10.3. The van der Waals surface area contributed by atoms with Crippen LogP contribution in [0.15, 0.2) is 0 Å². The van der Waals surface area contributed by atoms with Crippen LogP contribution >= 0.6 is 11.8 Å². The number of nitrogens with two attached hydrogens (primary N) is 1. The summed E-state index contributed by atoms with van der Waals surface area (Å²) in [4.78, 5) is 40.6. The average molecular weight is 341 g/mol. The van der Waals surface area contributed by atoms with Gasteiger partial charge in [-0.05, 0) is 18.4 Å². The first-order valence-electron chi connectivity index (χ1n) is 5.83. The van der Waals surface area contributed by atoms with Crippen molar-refractivity contribution in [1.82, 2.24) is 0 Å². The third kappa shape index (κ3) is 10.9. The summed E-state index contributed by atoms with van der Waals surface area (Å²) < 4.78 is 0. The van der Waals surface area contributed by atoms with Crippen molar-refractivity contribution in [2.24, 2.45) is 5.73 Å². The molecular weight excluding hydrogens is 322 g/mol. The Morgan fingerprint density at radius 2 is 1.45 bits per heavy atom. The van der Waals surface area contributed by atoms with E-state index in [4.69, 9.17) is 31.3 Å². The van der Waals surface area contributed by atoms with Crippen molar-refractivity contribution in [3.8, 4) is 0 Å². The molecule has 0 saturated carbocycles. The highest BCUT2D eigenvalue weighted by molar-refractivity contribution is 7.98. The molecule has 1 atom stereocenters.